The van der Waals surface area contributed by atoms with Crippen molar-refractivity contribution in [2.45, 2.75) is 37.4 Å². The average molecular weight is 343 g/mol. The first-order valence-electron chi connectivity index (χ1n) is 8.35. The number of hydrogen-bond acceptors (Lipinski definition) is 5. The predicted octanol–water partition coefficient (Wildman–Crippen LogP) is 2.86. The third kappa shape index (κ3) is 3.03. The van der Waals surface area contributed by atoms with Crippen LogP contribution in [0.4, 0.5) is 0 Å². The molecule has 0 bridgehead atoms. The van der Waals surface area contributed by atoms with Gasteiger partial charge in [0.25, 0.3) is 5.91 Å². The second-order valence-electron chi connectivity index (χ2n) is 6.43. The molecule has 24 heavy (non-hydrogen) atoms. The second kappa shape index (κ2) is 6.53. The van der Waals surface area contributed by atoms with Crippen molar-refractivity contribution in [3.63, 3.8) is 0 Å². The van der Waals surface area contributed by atoms with Crippen molar-refractivity contribution in [3.05, 3.63) is 46.4 Å². The molecule has 0 unspecified atom stereocenters. The van der Waals surface area contributed by atoms with Crippen LogP contribution in [0.3, 0.4) is 0 Å². The van der Waals surface area contributed by atoms with Crippen LogP contribution in [0.25, 0.3) is 0 Å². The fraction of sp³-hybridized carbons (Fsp3) is 0.444. The molecule has 2 atom stereocenters. The molecule has 1 N–H and O–H groups in total. The molecule has 1 aromatic heterocycles. The van der Waals surface area contributed by atoms with E-state index < -0.39 is 0 Å². The number of thiazole rings is 1. The van der Waals surface area contributed by atoms with E-state index in [4.69, 9.17) is 4.74 Å². The van der Waals surface area contributed by atoms with Crippen molar-refractivity contribution >= 4 is 17.2 Å². The molecular formula is C18H21N3O2S. The highest BCUT2D eigenvalue weighted by atomic mass is 32.1. The van der Waals surface area contributed by atoms with Gasteiger partial charge < -0.3 is 10.1 Å². The smallest absolute Gasteiger partial charge is 0.271 e. The summed E-state index contributed by atoms with van der Waals surface area (Å²) < 4.78 is 5.39. The summed E-state index contributed by atoms with van der Waals surface area (Å²) in [4.78, 5) is 19.1. The molecule has 1 aliphatic carbocycles. The maximum Gasteiger partial charge on any atom is 0.271 e. The van der Waals surface area contributed by atoms with Gasteiger partial charge in [0, 0.05) is 18.0 Å². The molecule has 4 rings (SSSR count). The van der Waals surface area contributed by atoms with E-state index in [2.05, 4.69) is 27.3 Å². The number of nitrogens with zero attached hydrogens (tertiary/aromatic N) is 2. The Hall–Kier alpha value is -1.92. The van der Waals surface area contributed by atoms with E-state index in [-0.39, 0.29) is 18.0 Å². The number of hydrogen-bond donors (Lipinski definition) is 1. The van der Waals surface area contributed by atoms with E-state index in [0.717, 1.165) is 18.7 Å². The second-order valence-corrected chi connectivity index (χ2v) is 7.15. The minimum Gasteiger partial charge on any atom is -0.497 e. The van der Waals surface area contributed by atoms with Crippen LogP contribution < -0.4 is 10.1 Å². The maximum absolute atomic E-state index is 12.4. The molecule has 0 spiro atoms. The minimum atomic E-state index is -0.0770. The molecule has 1 aromatic carbocycles. The van der Waals surface area contributed by atoms with Crippen LogP contribution in [-0.2, 0) is 0 Å². The third-order valence-electron chi connectivity index (χ3n) is 4.87. The van der Waals surface area contributed by atoms with E-state index in [1.165, 1.54) is 29.7 Å². The SMILES string of the molecule is COc1cccc([C@@H]2[C@H](NC(=O)c3cscn3)CCN2C2CC2)c1. The molecule has 1 amide bonds. The number of methoxy groups -OCH3 is 1. The summed E-state index contributed by atoms with van der Waals surface area (Å²) in [6.45, 7) is 1.02. The summed E-state index contributed by atoms with van der Waals surface area (Å²) in [5, 5.41) is 5.00. The van der Waals surface area contributed by atoms with E-state index in [9.17, 15) is 4.79 Å². The van der Waals surface area contributed by atoms with Crippen molar-refractivity contribution in [1.82, 2.24) is 15.2 Å². The lowest BCUT2D eigenvalue weighted by Crippen LogP contribution is -2.40. The maximum atomic E-state index is 12.4. The molecule has 2 aromatic rings. The van der Waals surface area contributed by atoms with E-state index in [1.54, 1.807) is 18.0 Å². The van der Waals surface area contributed by atoms with E-state index >= 15 is 0 Å². The minimum absolute atomic E-state index is 0.0770. The van der Waals surface area contributed by atoms with Gasteiger partial charge in [-0.25, -0.2) is 4.98 Å². The van der Waals surface area contributed by atoms with Gasteiger partial charge in [0.15, 0.2) is 0 Å². The first kappa shape index (κ1) is 15.6. The molecule has 1 saturated heterocycles. The zero-order chi connectivity index (χ0) is 16.5. The number of carbonyl (C=O) groups is 1. The Bertz CT molecular complexity index is 715. The molecule has 6 heteroatoms. The molecule has 2 aliphatic rings. The number of likely N-dealkylation sites (tertiary alicyclic amines) is 1. The molecule has 2 heterocycles. The molecular weight excluding hydrogens is 322 g/mol. The normalized spacial score (nSPS) is 24.0. The molecule has 1 aliphatic heterocycles. The number of carbonyl (C=O) groups excluding carboxylic acids is 1. The summed E-state index contributed by atoms with van der Waals surface area (Å²) >= 11 is 1.44. The molecule has 2 fully saturated rings. The lowest BCUT2D eigenvalue weighted by Gasteiger charge is -2.29. The van der Waals surface area contributed by atoms with Gasteiger partial charge in [0.1, 0.15) is 11.4 Å². The predicted molar refractivity (Wildman–Crippen MR) is 93.4 cm³/mol. The lowest BCUT2D eigenvalue weighted by atomic mass is 9.99. The standard InChI is InChI=1S/C18H21N3O2S/c1-23-14-4-2-3-12(9-14)17-15(7-8-21(17)13-5-6-13)20-18(22)16-10-24-11-19-16/h2-4,9-11,13,15,17H,5-8H2,1H3,(H,20,22)/t15-,17-/m1/s1. The summed E-state index contributed by atoms with van der Waals surface area (Å²) in [5.74, 6) is 0.784. The summed E-state index contributed by atoms with van der Waals surface area (Å²) in [7, 11) is 1.69. The molecule has 1 saturated carbocycles. The van der Waals surface area contributed by atoms with Crippen LogP contribution in [-0.4, -0.2) is 41.5 Å². The van der Waals surface area contributed by atoms with Gasteiger partial charge in [-0.15, -0.1) is 11.3 Å². The first-order valence-corrected chi connectivity index (χ1v) is 9.29. The number of nitrogens with one attached hydrogen (secondary N) is 1. The van der Waals surface area contributed by atoms with Crippen molar-refractivity contribution in [2.75, 3.05) is 13.7 Å². The van der Waals surface area contributed by atoms with Crippen LogP contribution in [0.1, 0.15) is 41.4 Å². The van der Waals surface area contributed by atoms with Crippen molar-refractivity contribution in [2.24, 2.45) is 0 Å². The van der Waals surface area contributed by atoms with Crippen LogP contribution in [0.15, 0.2) is 35.2 Å². The van der Waals surface area contributed by atoms with E-state index in [0.29, 0.717) is 11.7 Å². The van der Waals surface area contributed by atoms with Crippen LogP contribution >= 0.6 is 11.3 Å². The highest BCUT2D eigenvalue weighted by Crippen LogP contribution is 2.41. The molecule has 126 valence electrons. The van der Waals surface area contributed by atoms with Crippen LogP contribution in [0.2, 0.25) is 0 Å². The fourth-order valence-corrected chi connectivity index (χ4v) is 4.13. The highest BCUT2D eigenvalue weighted by Gasteiger charge is 2.43. The number of ether oxygens (including phenoxy) is 1. The Labute approximate surface area is 145 Å². The molecule has 0 radical (unpaired) electrons. The zero-order valence-electron chi connectivity index (χ0n) is 13.6. The van der Waals surface area contributed by atoms with Crippen molar-refractivity contribution in [3.8, 4) is 5.75 Å². The van der Waals surface area contributed by atoms with Gasteiger partial charge in [-0.05, 0) is 37.0 Å². The van der Waals surface area contributed by atoms with Gasteiger partial charge in [-0.1, -0.05) is 12.1 Å². The van der Waals surface area contributed by atoms with Gasteiger partial charge in [-0.3, -0.25) is 9.69 Å². The van der Waals surface area contributed by atoms with Crippen LogP contribution in [0.5, 0.6) is 5.75 Å². The lowest BCUT2D eigenvalue weighted by molar-refractivity contribution is 0.0919. The largest absolute Gasteiger partial charge is 0.497 e. The van der Waals surface area contributed by atoms with E-state index in [1.807, 2.05) is 12.1 Å². The third-order valence-corrected chi connectivity index (χ3v) is 5.46. The Morgan fingerprint density at radius 3 is 2.96 bits per heavy atom. The Kier molecular flexibility index (Phi) is 4.24. The summed E-state index contributed by atoms with van der Waals surface area (Å²) in [6, 6.07) is 9.17. The summed E-state index contributed by atoms with van der Waals surface area (Å²) in [6.07, 6.45) is 3.48. The molecule has 5 nitrogen and oxygen atoms in total. The average Bonchev–Trinajstić information content (AvgIpc) is 3.14. The quantitative estimate of drug-likeness (QED) is 0.907. The Balaban J connectivity index is 1.59. The van der Waals surface area contributed by atoms with Gasteiger partial charge in [0.05, 0.1) is 24.7 Å². The summed E-state index contributed by atoms with van der Waals surface area (Å²) in [5.41, 5.74) is 3.41. The number of rotatable bonds is 5. The fourth-order valence-electron chi connectivity index (χ4n) is 3.60. The Morgan fingerprint density at radius 2 is 2.25 bits per heavy atom. The topological polar surface area (TPSA) is 54.5 Å². The number of aromatic nitrogens is 1. The van der Waals surface area contributed by atoms with Crippen molar-refractivity contribution < 1.29 is 9.53 Å². The van der Waals surface area contributed by atoms with Crippen LogP contribution in [0, 0.1) is 0 Å². The number of benzene rings is 1. The Morgan fingerprint density at radius 1 is 1.38 bits per heavy atom. The first-order chi connectivity index (χ1) is 11.8. The zero-order valence-corrected chi connectivity index (χ0v) is 14.5. The number of amides is 1. The monoisotopic (exact) mass is 343 g/mol. The van der Waals surface area contributed by atoms with Crippen molar-refractivity contribution in [1.29, 1.82) is 0 Å². The van der Waals surface area contributed by atoms with Gasteiger partial charge >= 0.3 is 0 Å². The van der Waals surface area contributed by atoms with Gasteiger partial charge in [-0.2, -0.15) is 0 Å². The van der Waals surface area contributed by atoms with Gasteiger partial charge in [0.2, 0.25) is 0 Å². The highest BCUT2D eigenvalue weighted by molar-refractivity contribution is 7.07.